The molecule has 0 aliphatic heterocycles. The number of nitrogens with zero attached hydrogens (tertiary/aromatic N) is 1. The summed E-state index contributed by atoms with van der Waals surface area (Å²) in [6.45, 7) is 4.56. The average molecular weight is 381 g/mol. The summed E-state index contributed by atoms with van der Waals surface area (Å²) in [5.74, 6) is 0.400. The van der Waals surface area contributed by atoms with Crippen LogP contribution in [0.4, 0.5) is 0 Å². The second-order valence-corrected chi connectivity index (χ2v) is 10.4. The van der Waals surface area contributed by atoms with Crippen molar-refractivity contribution >= 4 is 28.5 Å². The highest BCUT2D eigenvalue weighted by atomic mass is 32.5. The van der Waals surface area contributed by atoms with Crippen LogP contribution in [0, 0.1) is 0 Å². The lowest BCUT2D eigenvalue weighted by atomic mass is 10.3. The van der Waals surface area contributed by atoms with E-state index in [1.165, 1.54) is 30.7 Å². The van der Waals surface area contributed by atoms with Crippen molar-refractivity contribution in [2.45, 2.75) is 44.7 Å². The quantitative estimate of drug-likeness (QED) is 0.643. The first-order valence-electron chi connectivity index (χ1n) is 7.12. The molecule has 23 heavy (non-hydrogen) atoms. The van der Waals surface area contributed by atoms with Crippen LogP contribution in [0.2, 0.25) is 0 Å². The Kier molecular flexibility index (Phi) is 7.19. The second-order valence-electron chi connectivity index (χ2n) is 5.40. The van der Waals surface area contributed by atoms with Gasteiger partial charge in [-0.1, -0.05) is 0 Å². The van der Waals surface area contributed by atoms with Gasteiger partial charge in [0.15, 0.2) is 0 Å². The monoisotopic (exact) mass is 381 g/mol. The van der Waals surface area contributed by atoms with Gasteiger partial charge < -0.3 is 13.6 Å². The molecule has 0 heterocycles. The first kappa shape index (κ1) is 20.5. The molecular weight excluding hydrogens is 357 g/mol. The fourth-order valence-electron chi connectivity index (χ4n) is 2.22. The standard InChI is InChI=1S/C14H24NO5PS2/c1-11(2)15(12(3)4)23(16,17)14-9-7-13(8-10-14)20-21(22,18-5)19-6/h7-12H,1-6H3. The number of sulfonamides is 1. The van der Waals surface area contributed by atoms with Gasteiger partial charge in [-0.2, -0.15) is 4.31 Å². The van der Waals surface area contributed by atoms with E-state index in [1.807, 2.05) is 27.7 Å². The Balaban J connectivity index is 3.11. The zero-order valence-electron chi connectivity index (χ0n) is 14.2. The largest absolute Gasteiger partial charge is 0.424 e. The highest BCUT2D eigenvalue weighted by Gasteiger charge is 2.29. The van der Waals surface area contributed by atoms with Gasteiger partial charge >= 0.3 is 6.72 Å². The number of rotatable bonds is 8. The van der Waals surface area contributed by atoms with E-state index >= 15 is 0 Å². The Hall–Kier alpha value is -0.500. The summed E-state index contributed by atoms with van der Waals surface area (Å²) in [7, 11) is -0.755. The average Bonchev–Trinajstić information content (AvgIpc) is 2.46. The summed E-state index contributed by atoms with van der Waals surface area (Å²) in [6.07, 6.45) is 0. The predicted octanol–water partition coefficient (Wildman–Crippen LogP) is 3.39. The minimum Gasteiger partial charge on any atom is -0.424 e. The van der Waals surface area contributed by atoms with Crippen LogP contribution < -0.4 is 4.52 Å². The Morgan fingerprint density at radius 3 is 1.78 bits per heavy atom. The van der Waals surface area contributed by atoms with Crippen LogP contribution in [-0.2, 0) is 30.9 Å². The van der Waals surface area contributed by atoms with E-state index in [2.05, 4.69) is 0 Å². The fourth-order valence-corrected chi connectivity index (χ4v) is 4.99. The number of hydrogen-bond acceptors (Lipinski definition) is 6. The van der Waals surface area contributed by atoms with E-state index in [1.54, 1.807) is 12.1 Å². The summed E-state index contributed by atoms with van der Waals surface area (Å²) >= 11 is 5.12. The maximum absolute atomic E-state index is 12.7. The second kappa shape index (κ2) is 8.05. The van der Waals surface area contributed by atoms with E-state index < -0.39 is 16.7 Å². The molecular formula is C14H24NO5PS2. The van der Waals surface area contributed by atoms with Gasteiger partial charge in [-0.25, -0.2) is 8.42 Å². The lowest BCUT2D eigenvalue weighted by molar-refractivity contribution is 0.273. The molecule has 0 atom stereocenters. The SMILES string of the molecule is COP(=S)(OC)Oc1ccc(S(=O)(=O)N(C(C)C)C(C)C)cc1. The molecule has 1 aromatic carbocycles. The molecule has 0 aliphatic carbocycles. The molecule has 0 saturated heterocycles. The molecule has 0 fully saturated rings. The molecule has 0 unspecified atom stereocenters. The van der Waals surface area contributed by atoms with Crippen LogP contribution in [0.1, 0.15) is 27.7 Å². The summed E-state index contributed by atoms with van der Waals surface area (Å²) in [5.41, 5.74) is 0. The van der Waals surface area contributed by atoms with Gasteiger partial charge in [-0.05, 0) is 52.0 Å². The van der Waals surface area contributed by atoms with Crippen LogP contribution >= 0.6 is 6.72 Å². The summed E-state index contributed by atoms with van der Waals surface area (Å²) in [5, 5.41) is 0. The zero-order valence-corrected chi connectivity index (χ0v) is 16.7. The molecule has 9 heteroatoms. The lowest BCUT2D eigenvalue weighted by Gasteiger charge is -2.29. The molecule has 1 aromatic rings. The first-order chi connectivity index (χ1) is 10.6. The van der Waals surface area contributed by atoms with Crippen molar-refractivity contribution in [1.29, 1.82) is 0 Å². The molecule has 0 spiro atoms. The Morgan fingerprint density at radius 2 is 1.43 bits per heavy atom. The van der Waals surface area contributed by atoms with Crippen molar-refractivity contribution in [2.24, 2.45) is 0 Å². The lowest BCUT2D eigenvalue weighted by Crippen LogP contribution is -2.41. The van der Waals surface area contributed by atoms with E-state index in [-0.39, 0.29) is 17.0 Å². The molecule has 6 nitrogen and oxygen atoms in total. The normalized spacial score (nSPS) is 13.1. The first-order valence-corrected chi connectivity index (χ1v) is 11.1. The molecule has 132 valence electrons. The molecule has 0 bridgehead atoms. The van der Waals surface area contributed by atoms with E-state index in [9.17, 15) is 8.42 Å². The van der Waals surface area contributed by atoms with Crippen LogP contribution in [0.5, 0.6) is 5.75 Å². The minimum absolute atomic E-state index is 0.135. The summed E-state index contributed by atoms with van der Waals surface area (Å²) < 4.78 is 42.5. The highest BCUT2D eigenvalue weighted by molar-refractivity contribution is 8.07. The van der Waals surface area contributed by atoms with Crippen LogP contribution in [0.25, 0.3) is 0 Å². The van der Waals surface area contributed by atoms with E-state index in [0.717, 1.165) is 0 Å². The van der Waals surface area contributed by atoms with Gasteiger partial charge in [0, 0.05) is 38.1 Å². The fraction of sp³-hybridized carbons (Fsp3) is 0.571. The van der Waals surface area contributed by atoms with Crippen molar-refractivity contribution in [3.8, 4) is 5.75 Å². The van der Waals surface area contributed by atoms with Crippen LogP contribution in [0.15, 0.2) is 29.2 Å². The molecule has 1 rings (SSSR count). The summed E-state index contributed by atoms with van der Waals surface area (Å²) in [6, 6.07) is 5.81. The van der Waals surface area contributed by atoms with E-state index in [4.69, 9.17) is 25.4 Å². The van der Waals surface area contributed by atoms with Crippen molar-refractivity contribution in [1.82, 2.24) is 4.31 Å². The maximum atomic E-state index is 12.7. The molecule has 0 aromatic heterocycles. The molecule has 0 N–H and O–H groups in total. The molecule has 0 aliphatic rings. The topological polar surface area (TPSA) is 65.1 Å². The van der Waals surface area contributed by atoms with Crippen LogP contribution in [-0.4, -0.2) is 39.0 Å². The van der Waals surface area contributed by atoms with Gasteiger partial charge in [0.2, 0.25) is 10.0 Å². The zero-order chi connectivity index (χ0) is 17.8. The third kappa shape index (κ3) is 4.98. The molecule has 0 saturated carbocycles. The van der Waals surface area contributed by atoms with Crippen molar-refractivity contribution < 1.29 is 22.0 Å². The van der Waals surface area contributed by atoms with Crippen LogP contribution in [0.3, 0.4) is 0 Å². The third-order valence-electron chi connectivity index (χ3n) is 3.08. The van der Waals surface area contributed by atoms with Gasteiger partial charge in [-0.15, -0.1) is 0 Å². The van der Waals surface area contributed by atoms with Gasteiger partial charge in [-0.3, -0.25) is 0 Å². The van der Waals surface area contributed by atoms with Crippen molar-refractivity contribution in [3.63, 3.8) is 0 Å². The smallest absolute Gasteiger partial charge is 0.380 e. The molecule has 0 radical (unpaired) electrons. The third-order valence-corrected chi connectivity index (χ3v) is 7.79. The summed E-state index contributed by atoms with van der Waals surface area (Å²) in [4.78, 5) is 0.204. The molecule has 0 amide bonds. The minimum atomic E-state index is -3.57. The highest BCUT2D eigenvalue weighted by Crippen LogP contribution is 2.48. The maximum Gasteiger partial charge on any atom is 0.380 e. The van der Waals surface area contributed by atoms with Crippen molar-refractivity contribution in [2.75, 3.05) is 14.2 Å². The van der Waals surface area contributed by atoms with Gasteiger partial charge in [0.1, 0.15) is 5.75 Å². The number of benzene rings is 1. The van der Waals surface area contributed by atoms with E-state index in [0.29, 0.717) is 5.75 Å². The Bertz CT molecular complexity index is 642. The Labute approximate surface area is 144 Å². The number of hydrogen-bond donors (Lipinski definition) is 0. The predicted molar refractivity (Wildman–Crippen MR) is 94.7 cm³/mol. The van der Waals surface area contributed by atoms with Gasteiger partial charge in [0.05, 0.1) is 4.90 Å². The van der Waals surface area contributed by atoms with Gasteiger partial charge in [0.25, 0.3) is 0 Å². The Morgan fingerprint density at radius 1 is 1.00 bits per heavy atom. The van der Waals surface area contributed by atoms with Crippen molar-refractivity contribution in [3.05, 3.63) is 24.3 Å².